The molecule has 16 heavy (non-hydrogen) atoms. The number of rotatable bonds is 4. The molecule has 2 N–H and O–H groups in total. The van der Waals surface area contributed by atoms with E-state index in [0.29, 0.717) is 0 Å². The molecule has 1 aromatic rings. The lowest BCUT2D eigenvalue weighted by Gasteiger charge is -2.09. The molecule has 1 rings (SSSR count). The van der Waals surface area contributed by atoms with Crippen molar-refractivity contribution in [3.05, 3.63) is 29.3 Å². The van der Waals surface area contributed by atoms with E-state index >= 15 is 0 Å². The highest BCUT2D eigenvalue weighted by atomic mass is 32.2. The van der Waals surface area contributed by atoms with Crippen LogP contribution in [0.25, 0.3) is 0 Å². The zero-order valence-corrected chi connectivity index (χ0v) is 9.84. The van der Waals surface area contributed by atoms with Gasteiger partial charge in [-0.25, -0.2) is 13.2 Å². The monoisotopic (exact) mass is 243 g/mol. The first-order valence-corrected chi connectivity index (χ1v) is 6.35. The van der Waals surface area contributed by atoms with Crippen LogP contribution in [0.5, 0.6) is 0 Å². The summed E-state index contributed by atoms with van der Waals surface area (Å²) in [6, 6.07) is 4.53. The molecule has 5 nitrogen and oxygen atoms in total. The molecule has 0 amide bonds. The summed E-state index contributed by atoms with van der Waals surface area (Å²) < 4.78 is 24.9. The van der Waals surface area contributed by atoms with Gasteiger partial charge in [0.15, 0.2) is 0 Å². The van der Waals surface area contributed by atoms with Crippen LogP contribution < -0.4 is 4.72 Å². The Morgan fingerprint density at radius 3 is 2.56 bits per heavy atom. The average Bonchev–Trinajstić information content (AvgIpc) is 2.20. The fourth-order valence-corrected chi connectivity index (χ4v) is 1.82. The normalized spacial score (nSPS) is 11.1. The summed E-state index contributed by atoms with van der Waals surface area (Å²) in [5.74, 6) is -1.25. The summed E-state index contributed by atoms with van der Waals surface area (Å²) in [5.41, 5.74) is 0.814. The van der Waals surface area contributed by atoms with Crippen LogP contribution in [0, 0.1) is 6.92 Å². The number of hydrogen-bond donors (Lipinski definition) is 2. The van der Waals surface area contributed by atoms with E-state index in [1.54, 1.807) is 13.0 Å². The van der Waals surface area contributed by atoms with E-state index in [4.69, 9.17) is 5.11 Å². The first kappa shape index (κ1) is 12.5. The van der Waals surface area contributed by atoms with Crippen LogP contribution in [0.2, 0.25) is 0 Å². The Bertz CT molecular complexity index is 508. The molecule has 0 heterocycles. The summed E-state index contributed by atoms with van der Waals surface area (Å²) in [4.78, 5) is 10.9. The molecule has 0 bridgehead atoms. The molecule has 0 spiro atoms. The van der Waals surface area contributed by atoms with Gasteiger partial charge in [0.2, 0.25) is 10.0 Å². The van der Waals surface area contributed by atoms with Crippen LogP contribution >= 0.6 is 0 Å². The van der Waals surface area contributed by atoms with Crippen molar-refractivity contribution in [3.8, 4) is 0 Å². The smallest absolute Gasteiger partial charge is 0.337 e. The highest BCUT2D eigenvalue weighted by Gasteiger charge is 2.14. The minimum atomic E-state index is -3.45. The summed E-state index contributed by atoms with van der Waals surface area (Å²) in [5, 5.41) is 8.92. The molecular formula is C10H13NO4S. The lowest BCUT2D eigenvalue weighted by Crippen LogP contribution is -2.17. The second kappa shape index (κ2) is 4.52. The molecule has 6 heteroatoms. The Balaban J connectivity index is 3.19. The minimum absolute atomic E-state index is 0.0444. The maximum Gasteiger partial charge on any atom is 0.337 e. The van der Waals surface area contributed by atoms with Gasteiger partial charge in [-0.15, -0.1) is 0 Å². The quantitative estimate of drug-likeness (QED) is 0.838. The van der Waals surface area contributed by atoms with Crippen molar-refractivity contribution < 1.29 is 18.3 Å². The van der Waals surface area contributed by atoms with Crippen LogP contribution in [-0.2, 0) is 10.0 Å². The first-order chi connectivity index (χ1) is 7.35. The molecule has 0 aromatic heterocycles. The lowest BCUT2D eigenvalue weighted by atomic mass is 10.1. The van der Waals surface area contributed by atoms with E-state index in [2.05, 4.69) is 4.72 Å². The van der Waals surface area contributed by atoms with Gasteiger partial charge in [-0.3, -0.25) is 4.72 Å². The van der Waals surface area contributed by atoms with Crippen molar-refractivity contribution in [1.29, 1.82) is 0 Å². The first-order valence-electron chi connectivity index (χ1n) is 4.70. The predicted octanol–water partition coefficient (Wildman–Crippen LogP) is 1.45. The Morgan fingerprint density at radius 1 is 1.44 bits per heavy atom. The number of carboxylic acids is 1. The predicted molar refractivity (Wildman–Crippen MR) is 61.2 cm³/mol. The summed E-state index contributed by atoms with van der Waals surface area (Å²) in [6.45, 7) is 3.22. The van der Waals surface area contributed by atoms with Gasteiger partial charge in [-0.2, -0.15) is 0 Å². The van der Waals surface area contributed by atoms with E-state index in [1.165, 1.54) is 19.1 Å². The molecule has 0 aliphatic heterocycles. The Morgan fingerprint density at radius 2 is 2.06 bits per heavy atom. The molecule has 0 fully saturated rings. The maximum atomic E-state index is 11.3. The number of sulfonamides is 1. The largest absolute Gasteiger partial charge is 0.478 e. The Hall–Kier alpha value is -1.56. The molecule has 0 radical (unpaired) electrons. The standard InChI is InChI=1S/C10H13NO4S/c1-3-16(14,15)11-9-5-4-7(2)6-8(9)10(12)13/h4-6,11H,3H2,1-2H3,(H,12,13). The maximum absolute atomic E-state index is 11.3. The van der Waals surface area contributed by atoms with E-state index in [1.807, 2.05) is 0 Å². The number of carbonyl (C=O) groups is 1. The topological polar surface area (TPSA) is 83.5 Å². The Labute approximate surface area is 94.2 Å². The number of aromatic carboxylic acids is 1. The number of aryl methyl sites for hydroxylation is 1. The van der Waals surface area contributed by atoms with Crippen molar-refractivity contribution in [3.63, 3.8) is 0 Å². The van der Waals surface area contributed by atoms with Gasteiger partial charge in [0.25, 0.3) is 0 Å². The van der Waals surface area contributed by atoms with Crippen molar-refractivity contribution in [1.82, 2.24) is 0 Å². The van der Waals surface area contributed by atoms with Crippen LogP contribution in [0.4, 0.5) is 5.69 Å². The van der Waals surface area contributed by atoms with Gasteiger partial charge >= 0.3 is 5.97 Å². The molecule has 0 unspecified atom stereocenters. The average molecular weight is 243 g/mol. The van der Waals surface area contributed by atoms with Crippen LogP contribution in [0.3, 0.4) is 0 Å². The minimum Gasteiger partial charge on any atom is -0.478 e. The van der Waals surface area contributed by atoms with E-state index in [-0.39, 0.29) is 17.0 Å². The van der Waals surface area contributed by atoms with Crippen LogP contribution in [0.15, 0.2) is 18.2 Å². The number of benzene rings is 1. The second-order valence-electron chi connectivity index (χ2n) is 3.36. The summed E-state index contributed by atoms with van der Waals surface area (Å²) in [7, 11) is -3.45. The van der Waals surface area contributed by atoms with Gasteiger partial charge in [0, 0.05) is 0 Å². The Kier molecular flexibility index (Phi) is 3.54. The van der Waals surface area contributed by atoms with Crippen molar-refractivity contribution in [2.45, 2.75) is 13.8 Å². The third kappa shape index (κ3) is 2.96. The van der Waals surface area contributed by atoms with E-state index in [9.17, 15) is 13.2 Å². The number of hydrogen-bond acceptors (Lipinski definition) is 3. The zero-order valence-electron chi connectivity index (χ0n) is 9.02. The molecule has 0 saturated heterocycles. The molecule has 0 aliphatic carbocycles. The van der Waals surface area contributed by atoms with Crippen molar-refractivity contribution in [2.24, 2.45) is 0 Å². The summed E-state index contributed by atoms with van der Waals surface area (Å²) >= 11 is 0. The zero-order chi connectivity index (χ0) is 12.3. The van der Waals surface area contributed by atoms with Gasteiger partial charge < -0.3 is 5.11 Å². The number of nitrogens with one attached hydrogen (secondary N) is 1. The van der Waals surface area contributed by atoms with Crippen LogP contribution in [-0.4, -0.2) is 25.2 Å². The molecule has 0 aliphatic rings. The van der Waals surface area contributed by atoms with Gasteiger partial charge in [0.1, 0.15) is 0 Å². The number of carboxylic acid groups (broad SMARTS) is 1. The van der Waals surface area contributed by atoms with Crippen molar-refractivity contribution >= 4 is 21.7 Å². The SMILES string of the molecule is CCS(=O)(=O)Nc1ccc(C)cc1C(=O)O. The van der Waals surface area contributed by atoms with E-state index < -0.39 is 16.0 Å². The highest BCUT2D eigenvalue weighted by molar-refractivity contribution is 7.92. The summed E-state index contributed by atoms with van der Waals surface area (Å²) in [6.07, 6.45) is 0. The van der Waals surface area contributed by atoms with Gasteiger partial charge in [-0.05, 0) is 26.0 Å². The van der Waals surface area contributed by atoms with Crippen LogP contribution in [0.1, 0.15) is 22.8 Å². The van der Waals surface area contributed by atoms with E-state index in [0.717, 1.165) is 5.56 Å². The third-order valence-electron chi connectivity index (χ3n) is 2.05. The fraction of sp³-hybridized carbons (Fsp3) is 0.300. The second-order valence-corrected chi connectivity index (χ2v) is 5.37. The molecule has 0 saturated carbocycles. The lowest BCUT2D eigenvalue weighted by molar-refractivity contribution is 0.0698. The molecule has 0 atom stereocenters. The molecule has 88 valence electrons. The third-order valence-corrected chi connectivity index (χ3v) is 3.34. The highest BCUT2D eigenvalue weighted by Crippen LogP contribution is 2.18. The molecule has 1 aromatic carbocycles. The number of anilines is 1. The fourth-order valence-electron chi connectivity index (χ4n) is 1.16. The molecular weight excluding hydrogens is 230 g/mol. The van der Waals surface area contributed by atoms with Gasteiger partial charge in [-0.1, -0.05) is 11.6 Å². The van der Waals surface area contributed by atoms with Crippen molar-refractivity contribution in [2.75, 3.05) is 10.5 Å². The van der Waals surface area contributed by atoms with Gasteiger partial charge in [0.05, 0.1) is 17.0 Å².